The van der Waals surface area contributed by atoms with Crippen molar-refractivity contribution in [1.29, 1.82) is 0 Å². The number of aromatic hydroxyl groups is 1. The summed E-state index contributed by atoms with van der Waals surface area (Å²) in [6, 6.07) is 18.6. The molecule has 0 aromatic heterocycles. The van der Waals surface area contributed by atoms with Crippen LogP contribution < -0.4 is 0 Å². The lowest BCUT2D eigenvalue weighted by atomic mass is 9.56. The monoisotopic (exact) mass is 546 g/mol. The normalized spacial score (nSPS) is 24.9. The number of piperidine rings is 1. The molecule has 0 spiro atoms. The van der Waals surface area contributed by atoms with Crippen LogP contribution in [0.1, 0.15) is 69.9 Å². The molecule has 1 saturated carbocycles. The van der Waals surface area contributed by atoms with E-state index in [1.165, 1.54) is 11.1 Å². The predicted octanol–water partition coefficient (Wildman–Crippen LogP) is 6.60. The molecule has 218 valence electrons. The summed E-state index contributed by atoms with van der Waals surface area (Å²) >= 11 is 0. The molecule has 2 fully saturated rings. The van der Waals surface area contributed by atoms with Gasteiger partial charge >= 0.3 is 0 Å². The summed E-state index contributed by atoms with van der Waals surface area (Å²) in [5.41, 5.74) is 2.40. The number of unbranched alkanes of at least 4 members (excludes halogenated alkanes) is 2. The van der Waals surface area contributed by atoms with Crippen LogP contribution in [-0.4, -0.2) is 66.2 Å². The van der Waals surface area contributed by atoms with Gasteiger partial charge in [0.2, 0.25) is 5.91 Å². The number of hydrogen-bond acceptors (Lipinski definition) is 4. The van der Waals surface area contributed by atoms with Gasteiger partial charge in [0.15, 0.2) is 0 Å². The Bertz CT molecular complexity index is 1090. The van der Waals surface area contributed by atoms with Gasteiger partial charge in [-0.15, -0.1) is 6.58 Å². The lowest BCUT2D eigenvalue weighted by molar-refractivity contribution is -0.140. The highest BCUT2D eigenvalue weighted by atomic mass is 16.5. The van der Waals surface area contributed by atoms with Crippen LogP contribution >= 0.6 is 0 Å². The lowest BCUT2D eigenvalue weighted by Gasteiger charge is -2.57. The molecular weight excluding hydrogens is 496 g/mol. The Balaban J connectivity index is 1.52. The number of nitrogens with zero attached hydrogens (tertiary/aromatic N) is 2. The van der Waals surface area contributed by atoms with Crippen LogP contribution in [0.4, 0.5) is 0 Å². The number of aryl methyl sites for hydroxylation is 1. The van der Waals surface area contributed by atoms with E-state index in [1.54, 1.807) is 6.07 Å². The zero-order chi connectivity index (χ0) is 28.5. The van der Waals surface area contributed by atoms with Crippen LogP contribution in [0.3, 0.4) is 0 Å². The number of fused-ring (bicyclic) bond motifs is 1. The van der Waals surface area contributed by atoms with E-state index in [1.807, 2.05) is 25.3 Å². The molecule has 1 saturated heterocycles. The summed E-state index contributed by atoms with van der Waals surface area (Å²) in [6.45, 7) is 11.9. The number of methoxy groups -OCH3 is 1. The van der Waals surface area contributed by atoms with Gasteiger partial charge in [-0.25, -0.2) is 0 Å². The first kappa shape index (κ1) is 30.3. The first-order valence-corrected chi connectivity index (χ1v) is 15.3. The molecule has 1 heterocycles. The SMILES string of the molecule is C=CCN1CCC2(c3cccc(O)c3)CC(N(CC(C)C)C(=O)CCCCCc3ccccc3)CC(OC)C2C1. The third-order valence-electron chi connectivity index (χ3n) is 9.22. The van der Waals surface area contributed by atoms with Crippen molar-refractivity contribution in [2.45, 2.75) is 82.8 Å². The average molecular weight is 547 g/mol. The van der Waals surface area contributed by atoms with Crippen molar-refractivity contribution in [3.8, 4) is 5.75 Å². The van der Waals surface area contributed by atoms with Gasteiger partial charge in [-0.3, -0.25) is 9.69 Å². The number of likely N-dealkylation sites (tertiary alicyclic amines) is 1. The number of hydrogen-bond donors (Lipinski definition) is 1. The Morgan fingerprint density at radius 3 is 2.67 bits per heavy atom. The molecule has 5 heteroatoms. The summed E-state index contributed by atoms with van der Waals surface area (Å²) < 4.78 is 6.23. The largest absolute Gasteiger partial charge is 0.508 e. The summed E-state index contributed by atoms with van der Waals surface area (Å²) in [4.78, 5) is 18.5. The van der Waals surface area contributed by atoms with Crippen molar-refractivity contribution >= 4 is 5.91 Å². The fraction of sp³-hybridized carbons (Fsp3) is 0.571. The molecule has 4 atom stereocenters. The molecule has 2 aromatic rings. The Morgan fingerprint density at radius 1 is 1.18 bits per heavy atom. The maximum Gasteiger partial charge on any atom is 0.222 e. The summed E-state index contributed by atoms with van der Waals surface area (Å²) in [5.74, 6) is 1.27. The summed E-state index contributed by atoms with van der Waals surface area (Å²) in [5, 5.41) is 10.5. The minimum absolute atomic E-state index is 0.0436. The van der Waals surface area contributed by atoms with Crippen LogP contribution in [-0.2, 0) is 21.4 Å². The van der Waals surface area contributed by atoms with E-state index in [0.717, 1.165) is 71.1 Å². The molecule has 5 nitrogen and oxygen atoms in total. The Morgan fingerprint density at radius 2 is 1.98 bits per heavy atom. The second-order valence-corrected chi connectivity index (χ2v) is 12.5. The minimum atomic E-state index is -0.148. The number of phenols is 1. The van der Waals surface area contributed by atoms with E-state index < -0.39 is 0 Å². The van der Waals surface area contributed by atoms with Gasteiger partial charge in [0.25, 0.3) is 0 Å². The number of benzene rings is 2. The predicted molar refractivity (Wildman–Crippen MR) is 164 cm³/mol. The number of amides is 1. The van der Waals surface area contributed by atoms with Gasteiger partial charge < -0.3 is 14.7 Å². The Labute approximate surface area is 242 Å². The zero-order valence-corrected chi connectivity index (χ0v) is 24.9. The highest BCUT2D eigenvalue weighted by Crippen LogP contribution is 2.51. The molecule has 2 aliphatic rings. The van der Waals surface area contributed by atoms with Crippen LogP contribution in [0.15, 0.2) is 67.3 Å². The van der Waals surface area contributed by atoms with Gasteiger partial charge in [0, 0.05) is 50.5 Å². The maximum absolute atomic E-state index is 13.8. The van der Waals surface area contributed by atoms with Crippen molar-refractivity contribution in [1.82, 2.24) is 9.80 Å². The second kappa shape index (κ2) is 14.3. The molecule has 1 aliphatic heterocycles. The van der Waals surface area contributed by atoms with Crippen LogP contribution in [0, 0.1) is 11.8 Å². The maximum atomic E-state index is 13.8. The molecule has 4 rings (SSSR count). The highest BCUT2D eigenvalue weighted by molar-refractivity contribution is 5.76. The fourth-order valence-corrected chi connectivity index (χ4v) is 7.31. The van der Waals surface area contributed by atoms with Crippen LogP contribution in [0.25, 0.3) is 0 Å². The molecule has 40 heavy (non-hydrogen) atoms. The molecule has 4 unspecified atom stereocenters. The number of phenolic OH excluding ortho intramolecular Hbond substituents is 1. The average Bonchev–Trinajstić information content (AvgIpc) is 2.95. The first-order valence-electron chi connectivity index (χ1n) is 15.3. The topological polar surface area (TPSA) is 53.0 Å². The third kappa shape index (κ3) is 7.36. The van der Waals surface area contributed by atoms with E-state index >= 15 is 0 Å². The van der Waals surface area contributed by atoms with Crippen LogP contribution in [0.2, 0.25) is 0 Å². The Hall–Kier alpha value is -2.63. The van der Waals surface area contributed by atoms with Gasteiger partial charge in [-0.1, -0.05) is 68.8 Å². The molecular formula is C35H50N2O3. The summed E-state index contributed by atoms with van der Waals surface area (Å²) in [7, 11) is 1.83. The van der Waals surface area contributed by atoms with Gasteiger partial charge in [0.1, 0.15) is 5.75 Å². The second-order valence-electron chi connectivity index (χ2n) is 12.5. The van der Waals surface area contributed by atoms with Gasteiger partial charge in [-0.05, 0) is 74.2 Å². The quantitative estimate of drug-likeness (QED) is 0.227. The van der Waals surface area contributed by atoms with Crippen molar-refractivity contribution in [2.75, 3.05) is 33.3 Å². The third-order valence-corrected chi connectivity index (χ3v) is 9.22. The molecule has 1 amide bonds. The smallest absolute Gasteiger partial charge is 0.222 e. The molecule has 1 aliphatic carbocycles. The zero-order valence-electron chi connectivity index (χ0n) is 24.9. The number of carbonyl (C=O) groups is 1. The number of ether oxygens (including phenoxy) is 1. The van der Waals surface area contributed by atoms with E-state index in [0.29, 0.717) is 24.0 Å². The Kier molecular flexibility index (Phi) is 10.9. The molecule has 0 bridgehead atoms. The standard InChI is InChI=1S/C35H50N2O3/c1-5-20-36-21-19-35(29-16-12-17-31(38)22-29)24-30(23-33(40-4)32(35)26-36)37(25-27(2)3)34(39)18-11-7-10-15-28-13-8-6-9-14-28/h5-6,8-9,12-14,16-17,22,27,30,32-33,38H,1,7,10-11,15,18-21,23-26H2,2-4H3. The van der Waals surface area contributed by atoms with Crippen molar-refractivity contribution < 1.29 is 14.6 Å². The molecule has 2 aromatic carbocycles. The van der Waals surface area contributed by atoms with E-state index in [-0.39, 0.29) is 23.5 Å². The van der Waals surface area contributed by atoms with Crippen molar-refractivity contribution in [3.63, 3.8) is 0 Å². The fourth-order valence-electron chi connectivity index (χ4n) is 7.31. The first-order chi connectivity index (χ1) is 19.4. The van der Waals surface area contributed by atoms with E-state index in [4.69, 9.17) is 4.74 Å². The molecule has 1 N–H and O–H groups in total. The highest BCUT2D eigenvalue weighted by Gasteiger charge is 2.53. The number of rotatable bonds is 13. The minimum Gasteiger partial charge on any atom is -0.508 e. The molecule has 0 radical (unpaired) electrons. The van der Waals surface area contributed by atoms with Crippen molar-refractivity contribution in [2.24, 2.45) is 11.8 Å². The van der Waals surface area contributed by atoms with Gasteiger partial charge in [-0.2, -0.15) is 0 Å². The van der Waals surface area contributed by atoms with E-state index in [2.05, 4.69) is 66.6 Å². The van der Waals surface area contributed by atoms with E-state index in [9.17, 15) is 9.90 Å². The van der Waals surface area contributed by atoms with Crippen LogP contribution in [0.5, 0.6) is 5.75 Å². The summed E-state index contributed by atoms with van der Waals surface area (Å²) in [6.07, 6.45) is 9.55. The van der Waals surface area contributed by atoms with Crippen molar-refractivity contribution in [3.05, 3.63) is 78.4 Å². The lowest BCUT2D eigenvalue weighted by Crippen LogP contribution is -2.62. The number of carbonyl (C=O) groups excluding carboxylic acids is 1. The van der Waals surface area contributed by atoms with Gasteiger partial charge in [0.05, 0.1) is 6.10 Å².